The molecule has 1 amide bonds. The topological polar surface area (TPSA) is 103 Å². The second-order valence-corrected chi connectivity index (χ2v) is 10.5. The van der Waals surface area contributed by atoms with Crippen LogP contribution >= 0.6 is 34.8 Å². The Morgan fingerprint density at radius 1 is 1.32 bits per heavy atom. The van der Waals surface area contributed by atoms with Crippen LogP contribution in [0.15, 0.2) is 30.3 Å². The van der Waals surface area contributed by atoms with Crippen LogP contribution in [0.25, 0.3) is 0 Å². The summed E-state index contributed by atoms with van der Waals surface area (Å²) in [6.07, 6.45) is -4.20. The van der Waals surface area contributed by atoms with Crippen molar-refractivity contribution in [1.82, 2.24) is 5.32 Å². The highest BCUT2D eigenvalue weighted by molar-refractivity contribution is 6.76. The molecule has 1 saturated carbocycles. The van der Waals surface area contributed by atoms with Gasteiger partial charge in [-0.2, -0.15) is 0 Å². The third-order valence-corrected chi connectivity index (χ3v) is 6.70. The number of methoxy groups -OCH3 is 1. The third kappa shape index (κ3) is 3.82. The van der Waals surface area contributed by atoms with Crippen molar-refractivity contribution in [3.05, 3.63) is 35.9 Å². The summed E-state index contributed by atoms with van der Waals surface area (Å²) in [6.45, 7) is 1.66. The standard InChI is InChI=1S/C20H22Cl3NO7/c1-18(27)8-11-16(28-2)31-14-15(25)30-12(18)13(29-9-10-6-4-3-5-7-10)19(11,14)24-17(26)20(21,22)23/h3-7,11-14,16,27H,8-9H2,1-2H3,(H,24,26)/t11-,12+,13-,14-,16+,18+,19-/m1/s1. The van der Waals surface area contributed by atoms with Crippen molar-refractivity contribution in [3.8, 4) is 0 Å². The molecule has 11 heteroatoms. The van der Waals surface area contributed by atoms with Crippen LogP contribution in [0.4, 0.5) is 0 Å². The molecule has 2 N–H and O–H groups in total. The second kappa shape index (κ2) is 8.02. The maximum absolute atomic E-state index is 12.9. The Labute approximate surface area is 194 Å². The molecule has 2 heterocycles. The minimum Gasteiger partial charge on any atom is -0.454 e. The lowest BCUT2D eigenvalue weighted by Gasteiger charge is -2.57. The summed E-state index contributed by atoms with van der Waals surface area (Å²) in [5.41, 5.74) is -2.11. The van der Waals surface area contributed by atoms with Crippen molar-refractivity contribution >= 4 is 46.7 Å². The van der Waals surface area contributed by atoms with Crippen LogP contribution in [-0.2, 0) is 35.1 Å². The number of esters is 1. The minimum atomic E-state index is -2.29. The van der Waals surface area contributed by atoms with E-state index in [1.807, 2.05) is 30.3 Å². The summed E-state index contributed by atoms with van der Waals surface area (Å²) < 4.78 is 20.7. The van der Waals surface area contributed by atoms with Crippen molar-refractivity contribution in [2.24, 2.45) is 5.92 Å². The summed E-state index contributed by atoms with van der Waals surface area (Å²) >= 11 is 17.4. The molecule has 1 aromatic rings. The van der Waals surface area contributed by atoms with E-state index in [4.69, 9.17) is 53.8 Å². The maximum atomic E-state index is 12.9. The highest BCUT2D eigenvalue weighted by atomic mass is 35.6. The Bertz CT molecular complexity index is 862. The van der Waals surface area contributed by atoms with E-state index in [-0.39, 0.29) is 13.0 Å². The molecule has 170 valence electrons. The molecule has 3 fully saturated rings. The van der Waals surface area contributed by atoms with E-state index >= 15 is 0 Å². The van der Waals surface area contributed by atoms with Gasteiger partial charge < -0.3 is 29.4 Å². The number of ether oxygens (including phenoxy) is 4. The van der Waals surface area contributed by atoms with Gasteiger partial charge in [-0.3, -0.25) is 4.79 Å². The molecule has 7 atom stereocenters. The SMILES string of the molecule is CO[C@H]1O[C@@H]2C(=O)O[C@H]3[C@@H](OCc4ccccc4)[C@]2(NC(=O)C(Cl)(Cl)Cl)[C@@H]1C[C@]3(C)O. The van der Waals surface area contributed by atoms with Gasteiger partial charge in [-0.25, -0.2) is 4.79 Å². The van der Waals surface area contributed by atoms with E-state index in [0.717, 1.165) is 5.56 Å². The number of benzene rings is 1. The number of alkyl halides is 3. The minimum absolute atomic E-state index is 0.0886. The van der Waals surface area contributed by atoms with Crippen LogP contribution in [0.2, 0.25) is 0 Å². The predicted molar refractivity (Wildman–Crippen MR) is 110 cm³/mol. The van der Waals surface area contributed by atoms with E-state index in [1.54, 1.807) is 0 Å². The molecule has 0 aromatic heterocycles. The predicted octanol–water partition coefficient (Wildman–Crippen LogP) is 1.86. The van der Waals surface area contributed by atoms with Gasteiger partial charge in [0.25, 0.3) is 9.70 Å². The molecule has 2 aliphatic heterocycles. The van der Waals surface area contributed by atoms with E-state index in [9.17, 15) is 14.7 Å². The quantitative estimate of drug-likeness (QED) is 0.476. The highest BCUT2D eigenvalue weighted by Crippen LogP contribution is 2.54. The molecule has 0 spiro atoms. The van der Waals surface area contributed by atoms with E-state index < -0.39 is 57.3 Å². The summed E-state index contributed by atoms with van der Waals surface area (Å²) in [7, 11) is 1.40. The van der Waals surface area contributed by atoms with Crippen molar-refractivity contribution in [3.63, 3.8) is 0 Å². The number of carbonyl (C=O) groups is 2. The number of aliphatic hydroxyl groups is 1. The van der Waals surface area contributed by atoms with Crippen LogP contribution in [0, 0.1) is 5.92 Å². The molecule has 2 saturated heterocycles. The third-order valence-electron chi connectivity index (χ3n) is 6.19. The average Bonchev–Trinajstić information content (AvgIpc) is 3.03. The first-order chi connectivity index (χ1) is 14.5. The van der Waals surface area contributed by atoms with Gasteiger partial charge >= 0.3 is 5.97 Å². The molecule has 1 aromatic carbocycles. The number of hydrogen-bond acceptors (Lipinski definition) is 7. The lowest BCUT2D eigenvalue weighted by Crippen LogP contribution is -2.80. The number of rotatable bonds is 5. The smallest absolute Gasteiger partial charge is 0.338 e. The molecule has 1 aliphatic carbocycles. The Morgan fingerprint density at radius 3 is 2.61 bits per heavy atom. The Balaban J connectivity index is 1.79. The number of carbonyl (C=O) groups excluding carboxylic acids is 2. The van der Waals surface area contributed by atoms with Gasteiger partial charge in [-0.05, 0) is 18.9 Å². The molecular weight excluding hydrogens is 473 g/mol. The second-order valence-electron chi connectivity index (χ2n) is 8.25. The molecular formula is C20H22Cl3NO7. The normalized spacial score (nSPS) is 39.2. The number of amides is 1. The summed E-state index contributed by atoms with van der Waals surface area (Å²) in [5, 5.41) is 13.9. The fraction of sp³-hybridized carbons (Fsp3) is 0.600. The Morgan fingerprint density at radius 2 is 2.00 bits per heavy atom. The molecule has 8 nitrogen and oxygen atoms in total. The fourth-order valence-corrected chi connectivity index (χ4v) is 4.99. The van der Waals surface area contributed by atoms with Gasteiger partial charge in [0.15, 0.2) is 18.5 Å². The van der Waals surface area contributed by atoms with Crippen LogP contribution in [-0.4, -0.2) is 63.6 Å². The van der Waals surface area contributed by atoms with E-state index in [0.29, 0.717) is 0 Å². The first kappa shape index (κ1) is 23.0. The zero-order chi connectivity index (χ0) is 22.6. The Kier molecular flexibility index (Phi) is 5.96. The summed E-state index contributed by atoms with van der Waals surface area (Å²) in [4.78, 5) is 25.6. The molecule has 2 bridgehead atoms. The maximum Gasteiger partial charge on any atom is 0.338 e. The molecule has 0 radical (unpaired) electrons. The summed E-state index contributed by atoms with van der Waals surface area (Å²) in [5.74, 6) is -2.39. The summed E-state index contributed by atoms with van der Waals surface area (Å²) in [6, 6.07) is 9.29. The van der Waals surface area contributed by atoms with Crippen molar-refractivity contribution in [2.45, 2.75) is 59.5 Å². The Hall–Kier alpha value is -1.13. The largest absolute Gasteiger partial charge is 0.454 e. The van der Waals surface area contributed by atoms with Crippen LogP contribution in [0.1, 0.15) is 18.9 Å². The van der Waals surface area contributed by atoms with Crippen molar-refractivity contribution in [2.75, 3.05) is 7.11 Å². The van der Waals surface area contributed by atoms with Crippen LogP contribution in [0.3, 0.4) is 0 Å². The number of fused-ring (bicyclic) bond motifs is 1. The molecule has 3 aliphatic rings. The average molecular weight is 495 g/mol. The van der Waals surface area contributed by atoms with Crippen molar-refractivity contribution in [1.29, 1.82) is 0 Å². The van der Waals surface area contributed by atoms with E-state index in [1.165, 1.54) is 14.0 Å². The number of halogens is 3. The first-order valence-corrected chi connectivity index (χ1v) is 10.8. The van der Waals surface area contributed by atoms with Gasteiger partial charge in [0.2, 0.25) is 0 Å². The zero-order valence-electron chi connectivity index (χ0n) is 16.7. The van der Waals surface area contributed by atoms with Gasteiger partial charge in [0.05, 0.1) is 6.61 Å². The zero-order valence-corrected chi connectivity index (χ0v) is 19.0. The van der Waals surface area contributed by atoms with E-state index in [2.05, 4.69) is 5.32 Å². The fourth-order valence-electron chi connectivity index (χ4n) is 4.85. The highest BCUT2D eigenvalue weighted by Gasteiger charge is 2.75. The monoisotopic (exact) mass is 493 g/mol. The molecule has 31 heavy (non-hydrogen) atoms. The van der Waals surface area contributed by atoms with Crippen molar-refractivity contribution < 1.29 is 33.6 Å². The first-order valence-electron chi connectivity index (χ1n) is 9.66. The molecule has 4 rings (SSSR count). The van der Waals surface area contributed by atoms with Gasteiger partial charge in [0, 0.05) is 13.0 Å². The van der Waals surface area contributed by atoms with Crippen LogP contribution in [0.5, 0.6) is 0 Å². The number of hydrogen-bond donors (Lipinski definition) is 2. The van der Waals surface area contributed by atoms with Gasteiger partial charge in [-0.15, -0.1) is 0 Å². The van der Waals surface area contributed by atoms with Crippen LogP contribution < -0.4 is 5.32 Å². The lowest BCUT2D eigenvalue weighted by atomic mass is 9.61. The lowest BCUT2D eigenvalue weighted by molar-refractivity contribution is -0.252. The molecule has 0 unspecified atom stereocenters. The van der Waals surface area contributed by atoms with Gasteiger partial charge in [0.1, 0.15) is 17.2 Å². The van der Waals surface area contributed by atoms with Gasteiger partial charge in [-0.1, -0.05) is 65.1 Å². The number of nitrogens with one attached hydrogen (secondary N) is 1.